The maximum absolute atomic E-state index is 13.1. The summed E-state index contributed by atoms with van der Waals surface area (Å²) in [6.07, 6.45) is -2.93. The fraction of sp³-hybridized carbons (Fsp3) is 0.250. The molecule has 2 aromatic rings. The maximum Gasteiger partial charge on any atom is 0.398 e. The minimum absolute atomic E-state index is 0.253. The van der Waals surface area contributed by atoms with Crippen molar-refractivity contribution < 1.29 is 13.5 Å². The van der Waals surface area contributed by atoms with Gasteiger partial charge in [-0.1, -0.05) is 35.9 Å². The van der Waals surface area contributed by atoms with E-state index in [1.807, 2.05) is 43.3 Å². The number of aryl methyl sites for hydroxylation is 2. The van der Waals surface area contributed by atoms with Crippen LogP contribution >= 0.6 is 0 Å². The van der Waals surface area contributed by atoms with Crippen LogP contribution in [0.2, 0.25) is 0 Å². The van der Waals surface area contributed by atoms with Gasteiger partial charge < -0.3 is 4.74 Å². The van der Waals surface area contributed by atoms with E-state index in [1.54, 1.807) is 6.07 Å². The zero-order valence-corrected chi connectivity index (χ0v) is 10.6. The Morgan fingerprint density at radius 2 is 1.68 bits per heavy atom. The molecule has 3 heteroatoms. The van der Waals surface area contributed by atoms with Gasteiger partial charge in [0, 0.05) is 0 Å². The highest BCUT2D eigenvalue weighted by molar-refractivity contribution is 5.66. The Morgan fingerprint density at radius 1 is 1.00 bits per heavy atom. The number of halogens is 2. The van der Waals surface area contributed by atoms with Gasteiger partial charge in [0.2, 0.25) is 0 Å². The SMILES string of the molecule is Cc1ccc(-c2ccc3c(c2)CCC(F)(F)O3)cc1. The highest BCUT2D eigenvalue weighted by Gasteiger charge is 2.35. The lowest BCUT2D eigenvalue weighted by atomic mass is 9.98. The lowest BCUT2D eigenvalue weighted by molar-refractivity contribution is -0.187. The van der Waals surface area contributed by atoms with Crippen molar-refractivity contribution in [2.45, 2.75) is 25.9 Å². The quantitative estimate of drug-likeness (QED) is 0.729. The first-order chi connectivity index (χ1) is 9.03. The summed E-state index contributed by atoms with van der Waals surface area (Å²) < 4.78 is 31.0. The van der Waals surface area contributed by atoms with E-state index in [9.17, 15) is 8.78 Å². The average molecular weight is 260 g/mol. The van der Waals surface area contributed by atoms with Crippen LogP contribution in [-0.2, 0) is 6.42 Å². The Balaban J connectivity index is 1.96. The van der Waals surface area contributed by atoms with Gasteiger partial charge in [-0.05, 0) is 42.2 Å². The molecule has 1 nitrogen and oxygen atoms in total. The van der Waals surface area contributed by atoms with E-state index in [0.717, 1.165) is 16.7 Å². The second-order valence-electron chi connectivity index (χ2n) is 4.93. The van der Waals surface area contributed by atoms with Gasteiger partial charge in [-0.3, -0.25) is 0 Å². The zero-order valence-electron chi connectivity index (χ0n) is 10.6. The summed E-state index contributed by atoms with van der Waals surface area (Å²) in [4.78, 5) is 0. The van der Waals surface area contributed by atoms with Crippen LogP contribution in [-0.4, -0.2) is 6.11 Å². The summed E-state index contributed by atoms with van der Waals surface area (Å²) in [5, 5.41) is 0. The highest BCUT2D eigenvalue weighted by atomic mass is 19.3. The van der Waals surface area contributed by atoms with Gasteiger partial charge in [-0.15, -0.1) is 0 Å². The molecule has 0 unspecified atom stereocenters. The van der Waals surface area contributed by atoms with E-state index in [4.69, 9.17) is 4.74 Å². The molecule has 3 rings (SSSR count). The fourth-order valence-corrected chi connectivity index (χ4v) is 2.29. The molecular weight excluding hydrogens is 246 g/mol. The van der Waals surface area contributed by atoms with Crippen LogP contribution in [0.15, 0.2) is 42.5 Å². The number of benzene rings is 2. The van der Waals surface area contributed by atoms with Crippen molar-refractivity contribution in [2.24, 2.45) is 0 Å². The third-order valence-electron chi connectivity index (χ3n) is 3.39. The predicted molar refractivity (Wildman–Crippen MR) is 70.5 cm³/mol. The van der Waals surface area contributed by atoms with Crippen molar-refractivity contribution in [3.63, 3.8) is 0 Å². The first-order valence-corrected chi connectivity index (χ1v) is 6.30. The van der Waals surface area contributed by atoms with Crippen LogP contribution in [0.3, 0.4) is 0 Å². The molecule has 1 aliphatic heterocycles. The van der Waals surface area contributed by atoms with Crippen molar-refractivity contribution in [1.29, 1.82) is 0 Å². The first-order valence-electron chi connectivity index (χ1n) is 6.30. The lowest BCUT2D eigenvalue weighted by Gasteiger charge is -2.25. The number of hydrogen-bond acceptors (Lipinski definition) is 1. The zero-order chi connectivity index (χ0) is 13.5. The molecule has 0 saturated heterocycles. The van der Waals surface area contributed by atoms with Crippen LogP contribution < -0.4 is 4.74 Å². The Labute approximate surface area is 110 Å². The van der Waals surface area contributed by atoms with Crippen LogP contribution in [0, 0.1) is 6.92 Å². The van der Waals surface area contributed by atoms with Crippen molar-refractivity contribution in [3.8, 4) is 16.9 Å². The normalized spacial score (nSPS) is 16.6. The Bertz CT molecular complexity index is 603. The number of alkyl halides is 2. The molecule has 98 valence electrons. The van der Waals surface area contributed by atoms with Crippen molar-refractivity contribution >= 4 is 0 Å². The first kappa shape index (κ1) is 12.2. The Kier molecular flexibility index (Phi) is 2.77. The molecule has 0 aliphatic carbocycles. The molecule has 0 aromatic heterocycles. The number of ether oxygens (including phenoxy) is 1. The minimum Gasteiger partial charge on any atom is -0.432 e. The molecule has 0 saturated carbocycles. The van der Waals surface area contributed by atoms with Gasteiger partial charge in [0.1, 0.15) is 5.75 Å². The molecular formula is C16H14F2O. The Hall–Kier alpha value is -1.90. The summed E-state index contributed by atoms with van der Waals surface area (Å²) in [6, 6.07) is 13.6. The molecule has 1 heterocycles. The number of fused-ring (bicyclic) bond motifs is 1. The summed E-state index contributed by atoms with van der Waals surface area (Å²) in [6.45, 7) is 2.03. The van der Waals surface area contributed by atoms with E-state index in [-0.39, 0.29) is 6.42 Å². The second-order valence-corrected chi connectivity index (χ2v) is 4.93. The van der Waals surface area contributed by atoms with E-state index in [0.29, 0.717) is 12.2 Å². The van der Waals surface area contributed by atoms with Gasteiger partial charge in [0.05, 0.1) is 6.42 Å². The smallest absolute Gasteiger partial charge is 0.398 e. The summed E-state index contributed by atoms with van der Waals surface area (Å²) in [5.74, 6) is 0.298. The minimum atomic E-state index is -3.03. The monoisotopic (exact) mass is 260 g/mol. The van der Waals surface area contributed by atoms with Crippen LogP contribution in [0.1, 0.15) is 17.5 Å². The molecule has 19 heavy (non-hydrogen) atoms. The molecule has 0 bridgehead atoms. The van der Waals surface area contributed by atoms with Crippen molar-refractivity contribution in [3.05, 3.63) is 53.6 Å². The van der Waals surface area contributed by atoms with Crippen molar-refractivity contribution in [2.75, 3.05) is 0 Å². The van der Waals surface area contributed by atoms with E-state index < -0.39 is 6.11 Å². The van der Waals surface area contributed by atoms with Crippen molar-refractivity contribution in [1.82, 2.24) is 0 Å². The molecule has 2 aromatic carbocycles. The molecule has 0 fully saturated rings. The number of hydrogen-bond donors (Lipinski definition) is 0. The van der Waals surface area contributed by atoms with Gasteiger partial charge >= 0.3 is 6.11 Å². The predicted octanol–water partition coefficient (Wildman–Crippen LogP) is 4.58. The molecule has 0 atom stereocenters. The van der Waals surface area contributed by atoms with Gasteiger partial charge in [0.25, 0.3) is 0 Å². The topological polar surface area (TPSA) is 9.23 Å². The third kappa shape index (κ3) is 2.46. The standard InChI is InChI=1S/C16H14F2O/c1-11-2-4-12(5-3-11)13-6-7-15-14(10-13)8-9-16(17,18)19-15/h2-7,10H,8-9H2,1H3. The second kappa shape index (κ2) is 4.34. The molecule has 0 radical (unpaired) electrons. The summed E-state index contributed by atoms with van der Waals surface area (Å²) in [7, 11) is 0. The van der Waals surface area contributed by atoms with E-state index in [1.165, 1.54) is 5.56 Å². The van der Waals surface area contributed by atoms with Crippen LogP contribution in [0.4, 0.5) is 8.78 Å². The number of rotatable bonds is 1. The largest absolute Gasteiger partial charge is 0.432 e. The van der Waals surface area contributed by atoms with Crippen LogP contribution in [0.25, 0.3) is 11.1 Å². The van der Waals surface area contributed by atoms with E-state index in [2.05, 4.69) is 0 Å². The van der Waals surface area contributed by atoms with E-state index >= 15 is 0 Å². The Morgan fingerprint density at radius 3 is 2.42 bits per heavy atom. The molecule has 0 amide bonds. The lowest BCUT2D eigenvalue weighted by Crippen LogP contribution is -2.29. The van der Waals surface area contributed by atoms with Gasteiger partial charge in [-0.2, -0.15) is 8.78 Å². The molecule has 1 aliphatic rings. The van der Waals surface area contributed by atoms with Gasteiger partial charge in [0.15, 0.2) is 0 Å². The summed E-state index contributed by atoms with van der Waals surface area (Å²) in [5.41, 5.74) is 4.17. The highest BCUT2D eigenvalue weighted by Crippen LogP contribution is 2.37. The molecule has 0 spiro atoms. The average Bonchev–Trinajstić information content (AvgIpc) is 2.38. The molecule has 0 N–H and O–H groups in total. The third-order valence-corrected chi connectivity index (χ3v) is 3.39. The van der Waals surface area contributed by atoms with Crippen LogP contribution in [0.5, 0.6) is 5.75 Å². The summed E-state index contributed by atoms with van der Waals surface area (Å²) >= 11 is 0. The maximum atomic E-state index is 13.1. The van der Waals surface area contributed by atoms with Gasteiger partial charge in [-0.25, -0.2) is 0 Å². The fourth-order valence-electron chi connectivity index (χ4n) is 2.29.